The highest BCUT2D eigenvalue weighted by Gasteiger charge is 2.19. The third-order valence-electron chi connectivity index (χ3n) is 2.30. The molecule has 0 radical (unpaired) electrons. The Morgan fingerprint density at radius 3 is 2.58 bits per heavy atom. The van der Waals surface area contributed by atoms with Crippen LogP contribution in [0.25, 0.3) is 0 Å². The van der Waals surface area contributed by atoms with Gasteiger partial charge in [-0.2, -0.15) is 14.0 Å². The fraction of sp³-hybridized carbons (Fsp3) is 0.333. The first-order valence-electron chi connectivity index (χ1n) is 5.15. The lowest BCUT2D eigenvalue weighted by atomic mass is 10.1. The van der Waals surface area contributed by atoms with Crippen LogP contribution >= 0.6 is 0 Å². The SMILES string of the molecule is COC(=O)Cc1ccc(OC(F)F)c(C#N)c1OC. The molecule has 0 saturated heterocycles. The van der Waals surface area contributed by atoms with Crippen LogP contribution in [0.4, 0.5) is 8.78 Å². The number of nitriles is 1. The van der Waals surface area contributed by atoms with E-state index in [1.807, 2.05) is 0 Å². The zero-order valence-corrected chi connectivity index (χ0v) is 10.3. The lowest BCUT2D eigenvalue weighted by Gasteiger charge is -2.13. The van der Waals surface area contributed by atoms with Crippen LogP contribution < -0.4 is 9.47 Å². The van der Waals surface area contributed by atoms with Gasteiger partial charge in [0, 0.05) is 5.56 Å². The first-order valence-corrected chi connectivity index (χ1v) is 5.15. The maximum atomic E-state index is 12.2. The summed E-state index contributed by atoms with van der Waals surface area (Å²) in [4.78, 5) is 11.2. The van der Waals surface area contributed by atoms with Crippen LogP contribution in [0.5, 0.6) is 11.5 Å². The average molecular weight is 271 g/mol. The summed E-state index contributed by atoms with van der Waals surface area (Å²) in [5.74, 6) is -0.821. The molecule has 0 atom stereocenters. The summed E-state index contributed by atoms with van der Waals surface area (Å²) in [5.41, 5.74) is 0.164. The first kappa shape index (κ1) is 14.7. The van der Waals surface area contributed by atoms with Gasteiger partial charge in [0.1, 0.15) is 23.1 Å². The van der Waals surface area contributed by atoms with Crippen molar-refractivity contribution in [3.8, 4) is 17.6 Å². The van der Waals surface area contributed by atoms with Gasteiger partial charge in [-0.1, -0.05) is 6.07 Å². The van der Waals surface area contributed by atoms with Crippen molar-refractivity contribution in [2.45, 2.75) is 13.0 Å². The van der Waals surface area contributed by atoms with Crippen molar-refractivity contribution in [3.63, 3.8) is 0 Å². The largest absolute Gasteiger partial charge is 0.495 e. The second kappa shape index (κ2) is 6.54. The molecule has 5 nitrogen and oxygen atoms in total. The molecule has 0 saturated carbocycles. The minimum atomic E-state index is -3.05. The Bertz CT molecular complexity index is 511. The molecule has 7 heteroatoms. The number of alkyl halides is 2. The number of ether oxygens (including phenoxy) is 3. The Morgan fingerprint density at radius 2 is 2.11 bits per heavy atom. The van der Waals surface area contributed by atoms with Crippen molar-refractivity contribution in [1.82, 2.24) is 0 Å². The molecule has 0 bridgehead atoms. The van der Waals surface area contributed by atoms with Crippen LogP contribution in [0, 0.1) is 11.3 Å². The molecule has 0 fully saturated rings. The van der Waals surface area contributed by atoms with Gasteiger partial charge < -0.3 is 14.2 Å². The number of hydrogen-bond acceptors (Lipinski definition) is 5. The smallest absolute Gasteiger partial charge is 0.387 e. The van der Waals surface area contributed by atoms with E-state index >= 15 is 0 Å². The number of methoxy groups -OCH3 is 2. The number of esters is 1. The maximum Gasteiger partial charge on any atom is 0.387 e. The van der Waals surface area contributed by atoms with E-state index in [-0.39, 0.29) is 23.5 Å². The van der Waals surface area contributed by atoms with Crippen LogP contribution in [0.15, 0.2) is 12.1 Å². The molecule has 0 N–H and O–H groups in total. The van der Waals surface area contributed by atoms with E-state index in [9.17, 15) is 13.6 Å². The summed E-state index contributed by atoms with van der Waals surface area (Å²) >= 11 is 0. The summed E-state index contributed by atoms with van der Waals surface area (Å²) in [6.07, 6.45) is -0.136. The normalized spacial score (nSPS) is 9.89. The molecule has 102 valence electrons. The molecular formula is C12H11F2NO4. The van der Waals surface area contributed by atoms with E-state index in [0.717, 1.165) is 0 Å². The summed E-state index contributed by atoms with van der Waals surface area (Å²) in [5, 5.41) is 8.99. The zero-order valence-electron chi connectivity index (χ0n) is 10.3. The fourth-order valence-electron chi connectivity index (χ4n) is 1.51. The van der Waals surface area contributed by atoms with E-state index in [1.54, 1.807) is 6.07 Å². The molecule has 1 rings (SSSR count). The van der Waals surface area contributed by atoms with Crippen molar-refractivity contribution in [3.05, 3.63) is 23.3 Å². The van der Waals surface area contributed by atoms with E-state index < -0.39 is 12.6 Å². The second-order valence-electron chi connectivity index (χ2n) is 3.37. The lowest BCUT2D eigenvalue weighted by Crippen LogP contribution is -2.09. The Balaban J connectivity index is 3.23. The molecule has 0 aliphatic rings. The van der Waals surface area contributed by atoms with E-state index in [0.29, 0.717) is 5.56 Å². The first-order chi connectivity index (χ1) is 9.03. The number of carbonyl (C=O) groups excluding carboxylic acids is 1. The lowest BCUT2D eigenvalue weighted by molar-refractivity contribution is -0.139. The van der Waals surface area contributed by atoms with Gasteiger partial charge >= 0.3 is 12.6 Å². The molecule has 0 aliphatic carbocycles. The van der Waals surface area contributed by atoms with Gasteiger partial charge in [-0.3, -0.25) is 4.79 Å². The molecule has 0 aliphatic heterocycles. The number of halogens is 2. The molecule has 0 heterocycles. The van der Waals surface area contributed by atoms with Gasteiger partial charge in [-0.05, 0) is 6.07 Å². The van der Waals surface area contributed by atoms with Crippen molar-refractivity contribution in [2.24, 2.45) is 0 Å². The predicted molar refractivity (Wildman–Crippen MR) is 60.1 cm³/mol. The molecular weight excluding hydrogens is 260 g/mol. The maximum absolute atomic E-state index is 12.2. The van der Waals surface area contributed by atoms with Gasteiger partial charge in [0.05, 0.1) is 20.6 Å². The Morgan fingerprint density at radius 1 is 1.42 bits per heavy atom. The van der Waals surface area contributed by atoms with E-state index in [4.69, 9.17) is 10.00 Å². The number of benzene rings is 1. The molecule has 1 aromatic carbocycles. The minimum absolute atomic E-state index is 0.0195. The van der Waals surface area contributed by atoms with Crippen molar-refractivity contribution in [2.75, 3.05) is 14.2 Å². The van der Waals surface area contributed by atoms with Gasteiger partial charge in [0.15, 0.2) is 0 Å². The van der Waals surface area contributed by atoms with Crippen molar-refractivity contribution < 1.29 is 27.8 Å². The average Bonchev–Trinajstić information content (AvgIpc) is 2.38. The second-order valence-corrected chi connectivity index (χ2v) is 3.37. The van der Waals surface area contributed by atoms with Gasteiger partial charge in [0.2, 0.25) is 0 Å². The highest BCUT2D eigenvalue weighted by atomic mass is 19.3. The summed E-state index contributed by atoms with van der Waals surface area (Å²) in [6, 6.07) is 4.27. The summed E-state index contributed by atoms with van der Waals surface area (Å²) in [6.45, 7) is -3.05. The minimum Gasteiger partial charge on any atom is -0.495 e. The molecule has 19 heavy (non-hydrogen) atoms. The summed E-state index contributed by atoms with van der Waals surface area (Å²) < 4.78 is 38.1. The van der Waals surface area contributed by atoms with E-state index in [1.165, 1.54) is 26.4 Å². The monoisotopic (exact) mass is 271 g/mol. The van der Waals surface area contributed by atoms with Gasteiger partial charge in [-0.25, -0.2) is 0 Å². The van der Waals surface area contributed by atoms with Crippen LogP contribution in [-0.4, -0.2) is 26.8 Å². The zero-order chi connectivity index (χ0) is 14.4. The molecule has 0 spiro atoms. The van der Waals surface area contributed by atoms with Crippen LogP contribution in [0.3, 0.4) is 0 Å². The van der Waals surface area contributed by atoms with Crippen LogP contribution in [0.1, 0.15) is 11.1 Å². The fourth-order valence-corrected chi connectivity index (χ4v) is 1.51. The highest BCUT2D eigenvalue weighted by molar-refractivity contribution is 5.74. The highest BCUT2D eigenvalue weighted by Crippen LogP contribution is 2.32. The molecule has 0 unspecified atom stereocenters. The van der Waals surface area contributed by atoms with Gasteiger partial charge in [-0.15, -0.1) is 0 Å². The Hall–Kier alpha value is -2.36. The standard InChI is InChI=1S/C12H11F2NO4/c1-17-10(16)5-7-3-4-9(19-12(13)14)8(6-15)11(7)18-2/h3-4,12H,5H2,1-2H3. The quantitative estimate of drug-likeness (QED) is 0.765. The van der Waals surface area contributed by atoms with Crippen molar-refractivity contribution >= 4 is 5.97 Å². The topological polar surface area (TPSA) is 68.5 Å². The number of rotatable bonds is 5. The Labute approximate surface area is 108 Å². The Kier molecular flexibility index (Phi) is 5.06. The van der Waals surface area contributed by atoms with Crippen molar-refractivity contribution in [1.29, 1.82) is 5.26 Å². The molecule has 0 amide bonds. The molecule has 0 aromatic heterocycles. The van der Waals surface area contributed by atoms with Crippen LogP contribution in [0.2, 0.25) is 0 Å². The number of carbonyl (C=O) groups is 1. The third kappa shape index (κ3) is 3.55. The number of nitrogens with zero attached hydrogens (tertiary/aromatic N) is 1. The van der Waals surface area contributed by atoms with Gasteiger partial charge in [0.25, 0.3) is 0 Å². The molecule has 1 aromatic rings. The number of hydrogen-bond donors (Lipinski definition) is 0. The van der Waals surface area contributed by atoms with Crippen LogP contribution in [-0.2, 0) is 16.0 Å². The van der Waals surface area contributed by atoms with E-state index in [2.05, 4.69) is 9.47 Å². The third-order valence-corrected chi connectivity index (χ3v) is 2.30. The predicted octanol–water partition coefficient (Wildman–Crippen LogP) is 1.88. The summed E-state index contributed by atoms with van der Waals surface area (Å²) in [7, 11) is 2.48.